The van der Waals surface area contributed by atoms with Gasteiger partial charge in [0, 0.05) is 7.97 Å². The molecule has 0 fully saturated rings. The van der Waals surface area contributed by atoms with Gasteiger partial charge in [-0.2, -0.15) is 0 Å². The Morgan fingerprint density at radius 1 is 1.60 bits per heavy atom. The van der Waals surface area contributed by atoms with E-state index in [4.69, 9.17) is 5.73 Å². The van der Waals surface area contributed by atoms with Crippen molar-refractivity contribution in [2.24, 2.45) is 5.73 Å². The van der Waals surface area contributed by atoms with Crippen molar-refractivity contribution >= 4 is 0 Å². The van der Waals surface area contributed by atoms with Crippen molar-refractivity contribution in [2.45, 2.75) is 13.5 Å². The third-order valence-electron chi connectivity index (χ3n) is 1.46. The van der Waals surface area contributed by atoms with Gasteiger partial charge in [0.15, 0.2) is 0 Å². The van der Waals surface area contributed by atoms with Gasteiger partial charge in [-0.1, -0.05) is 12.1 Å². The summed E-state index contributed by atoms with van der Waals surface area (Å²) in [4.78, 5) is 0. The zero-order valence-electron chi connectivity index (χ0n) is 5.89. The van der Waals surface area contributed by atoms with Crippen LogP contribution in [0.4, 0.5) is 4.39 Å². The lowest BCUT2D eigenvalue weighted by Crippen LogP contribution is -1.96. The maximum absolute atomic E-state index is 12.6. The minimum atomic E-state index is -0.169. The summed E-state index contributed by atoms with van der Waals surface area (Å²) in [5.41, 5.74) is 6.97. The molecule has 0 amide bonds. The van der Waals surface area contributed by atoms with Gasteiger partial charge in [0.05, 0.1) is 0 Å². The molecule has 2 heteroatoms. The van der Waals surface area contributed by atoms with E-state index < -0.39 is 0 Å². The van der Waals surface area contributed by atoms with E-state index in [1.165, 1.54) is 6.07 Å². The molecule has 0 atom stereocenters. The Labute approximate surface area is 61.2 Å². The molecule has 1 rings (SSSR count). The minimum Gasteiger partial charge on any atom is -0.326 e. The summed E-state index contributed by atoms with van der Waals surface area (Å²) in [7, 11) is 0. The van der Waals surface area contributed by atoms with Gasteiger partial charge in [0.25, 0.3) is 0 Å². The molecular formula is C8H12FN. The number of rotatable bonds is 1. The number of hydrogen-bond acceptors (Lipinski definition) is 1. The molecule has 1 aromatic carbocycles. The zero-order chi connectivity index (χ0) is 7.56. The molecule has 1 aromatic rings. The summed E-state index contributed by atoms with van der Waals surface area (Å²) in [6, 6.07) is 4.90. The molecule has 0 saturated heterocycles. The van der Waals surface area contributed by atoms with Crippen LogP contribution in [0.15, 0.2) is 18.2 Å². The third-order valence-corrected chi connectivity index (χ3v) is 1.46. The lowest BCUT2D eigenvalue weighted by Gasteiger charge is -1.98. The van der Waals surface area contributed by atoms with E-state index in [1.54, 1.807) is 19.1 Å². The summed E-state index contributed by atoms with van der Waals surface area (Å²) in [5, 5.41) is 0. The first-order valence-corrected chi connectivity index (χ1v) is 3.19. The largest absolute Gasteiger partial charge is 0.326 e. The molecule has 0 aromatic heterocycles. The van der Waals surface area contributed by atoms with Gasteiger partial charge in [-0.05, 0) is 24.1 Å². The van der Waals surface area contributed by atoms with Crippen molar-refractivity contribution in [1.82, 2.24) is 0 Å². The summed E-state index contributed by atoms with van der Waals surface area (Å²) in [6.45, 7) is 2.20. The Morgan fingerprint density at radius 3 is 2.80 bits per heavy atom. The minimum absolute atomic E-state index is 0. The van der Waals surface area contributed by atoms with E-state index in [0.717, 1.165) is 5.56 Å². The topological polar surface area (TPSA) is 26.0 Å². The number of benzene rings is 1. The van der Waals surface area contributed by atoms with Crippen molar-refractivity contribution in [3.05, 3.63) is 35.1 Å². The van der Waals surface area contributed by atoms with Gasteiger partial charge >= 0.3 is 0 Å². The smallest absolute Gasteiger partial charge is 0.126 e. The number of hydrogen-bond donors (Lipinski definition) is 1. The normalized spacial score (nSPS) is 9.90. The van der Waals surface area contributed by atoms with Crippen LogP contribution in [0, 0.1) is 12.7 Å². The van der Waals surface area contributed by atoms with Crippen LogP contribution in [0.2, 0.25) is 0 Å². The molecule has 0 bridgehead atoms. The number of nitrogens with two attached hydrogens (primary N) is 1. The zero-order valence-corrected chi connectivity index (χ0v) is 5.89. The summed E-state index contributed by atoms with van der Waals surface area (Å²) in [5.74, 6) is -0.169. The highest BCUT2D eigenvalue weighted by Crippen LogP contribution is 2.07. The molecule has 56 valence electrons. The van der Waals surface area contributed by atoms with Gasteiger partial charge < -0.3 is 5.73 Å². The number of halogens is 1. The van der Waals surface area contributed by atoms with E-state index in [0.29, 0.717) is 12.1 Å². The fraction of sp³-hybridized carbons (Fsp3) is 0.250. The molecule has 10 heavy (non-hydrogen) atoms. The van der Waals surface area contributed by atoms with Crippen molar-refractivity contribution in [2.75, 3.05) is 0 Å². The Bertz CT molecular complexity index is 238. The van der Waals surface area contributed by atoms with E-state index in [1.807, 2.05) is 0 Å². The van der Waals surface area contributed by atoms with Gasteiger partial charge in [0.2, 0.25) is 0 Å². The first kappa shape index (κ1) is 7.22. The molecule has 0 radical (unpaired) electrons. The molecule has 1 nitrogen and oxygen atoms in total. The molecular weight excluding hydrogens is 129 g/mol. The maximum atomic E-state index is 12.6. The monoisotopic (exact) mass is 141 g/mol. The van der Waals surface area contributed by atoms with Crippen LogP contribution in [0.5, 0.6) is 0 Å². The van der Waals surface area contributed by atoms with Crippen LogP contribution >= 0.6 is 0 Å². The molecule has 0 unspecified atom stereocenters. The quantitative estimate of drug-likeness (QED) is 0.634. The summed E-state index contributed by atoms with van der Waals surface area (Å²) >= 11 is 0. The number of aryl methyl sites for hydroxylation is 1. The fourth-order valence-electron chi connectivity index (χ4n) is 0.834. The highest BCUT2D eigenvalue weighted by atomic mass is 19.1. The van der Waals surface area contributed by atoms with Crippen molar-refractivity contribution < 1.29 is 5.82 Å². The molecule has 0 heterocycles. The molecule has 0 saturated carbocycles. The second-order valence-corrected chi connectivity index (χ2v) is 2.29. The summed E-state index contributed by atoms with van der Waals surface area (Å²) < 4.78 is 12.6. The molecule has 0 aliphatic carbocycles. The van der Waals surface area contributed by atoms with Gasteiger partial charge in [-0.3, -0.25) is 0 Å². The SMILES string of the molecule is Cc1cc(CN)ccc1F.[HH]. The lowest BCUT2D eigenvalue weighted by atomic mass is 10.1. The van der Waals surface area contributed by atoms with E-state index >= 15 is 0 Å². The van der Waals surface area contributed by atoms with Gasteiger partial charge in [0.1, 0.15) is 5.82 Å². The second-order valence-electron chi connectivity index (χ2n) is 2.29. The van der Waals surface area contributed by atoms with Crippen LogP contribution < -0.4 is 5.73 Å². The predicted octanol–water partition coefficient (Wildman–Crippen LogP) is 1.84. The average molecular weight is 141 g/mol. The third kappa shape index (κ3) is 1.33. The van der Waals surface area contributed by atoms with Crippen molar-refractivity contribution in [1.29, 1.82) is 0 Å². The van der Waals surface area contributed by atoms with Crippen LogP contribution in [-0.2, 0) is 6.54 Å². The van der Waals surface area contributed by atoms with Crippen LogP contribution in [0.25, 0.3) is 0 Å². The van der Waals surface area contributed by atoms with Gasteiger partial charge in [-0.15, -0.1) is 0 Å². The first-order valence-electron chi connectivity index (χ1n) is 3.19. The van der Waals surface area contributed by atoms with Crippen molar-refractivity contribution in [3.8, 4) is 0 Å². The molecule has 0 spiro atoms. The fourth-order valence-corrected chi connectivity index (χ4v) is 0.834. The average Bonchev–Trinajstić information content (AvgIpc) is 1.95. The Balaban J connectivity index is 0.000001000. The second kappa shape index (κ2) is 2.80. The Morgan fingerprint density at radius 2 is 2.30 bits per heavy atom. The molecule has 2 N–H and O–H groups in total. The first-order chi connectivity index (χ1) is 4.74. The molecule has 0 aliphatic heterocycles. The van der Waals surface area contributed by atoms with E-state index in [-0.39, 0.29) is 7.24 Å². The Hall–Kier alpha value is -0.890. The highest BCUT2D eigenvalue weighted by Gasteiger charge is 1.95. The van der Waals surface area contributed by atoms with E-state index in [2.05, 4.69) is 0 Å². The molecule has 0 aliphatic rings. The lowest BCUT2D eigenvalue weighted by molar-refractivity contribution is 0.617. The van der Waals surface area contributed by atoms with Crippen LogP contribution in [0.3, 0.4) is 0 Å². The van der Waals surface area contributed by atoms with Crippen LogP contribution in [-0.4, -0.2) is 0 Å². The van der Waals surface area contributed by atoms with Gasteiger partial charge in [-0.25, -0.2) is 4.39 Å². The van der Waals surface area contributed by atoms with Crippen LogP contribution in [0.1, 0.15) is 12.6 Å². The highest BCUT2D eigenvalue weighted by molar-refractivity contribution is 5.23. The predicted molar refractivity (Wildman–Crippen MR) is 41.1 cm³/mol. The van der Waals surface area contributed by atoms with Crippen molar-refractivity contribution in [3.63, 3.8) is 0 Å². The van der Waals surface area contributed by atoms with E-state index in [9.17, 15) is 4.39 Å². The summed E-state index contributed by atoms with van der Waals surface area (Å²) in [6.07, 6.45) is 0. The standard InChI is InChI=1S/C8H10FN.H2/c1-6-4-7(5-10)2-3-8(6)9;/h2-4H,5,10H2,1H3;1H. The Kier molecular flexibility index (Phi) is 2.02. The maximum Gasteiger partial charge on any atom is 0.126 e.